The fraction of sp³-hybridized carbons (Fsp3) is 0.222. The van der Waals surface area contributed by atoms with Crippen molar-refractivity contribution in [1.82, 2.24) is 5.43 Å². The van der Waals surface area contributed by atoms with Crippen molar-refractivity contribution in [2.75, 3.05) is 0 Å². The van der Waals surface area contributed by atoms with Crippen LogP contribution in [0.25, 0.3) is 0 Å². The molecule has 0 aliphatic heterocycles. The van der Waals surface area contributed by atoms with Crippen LogP contribution in [0.15, 0.2) is 52.0 Å². The van der Waals surface area contributed by atoms with Crippen molar-refractivity contribution >= 4 is 28.1 Å². The van der Waals surface area contributed by atoms with Gasteiger partial charge in [0.15, 0.2) is 0 Å². The minimum Gasteiger partial charge on any atom is -0.507 e. The summed E-state index contributed by atoms with van der Waals surface area (Å²) in [6.07, 6.45) is 1.44. The number of aromatic hydroxyl groups is 1. The lowest BCUT2D eigenvalue weighted by molar-refractivity contribution is 0.0954. The molecular weight excluding hydrogens is 356 g/mol. The summed E-state index contributed by atoms with van der Waals surface area (Å²) in [4.78, 5) is 12.0. The predicted molar refractivity (Wildman–Crippen MR) is 96.0 cm³/mol. The molecule has 0 aliphatic carbocycles. The molecule has 0 fully saturated rings. The van der Waals surface area contributed by atoms with Crippen LogP contribution in [0, 0.1) is 0 Å². The lowest BCUT2D eigenvalue weighted by Crippen LogP contribution is -2.18. The molecule has 2 N–H and O–H groups in total. The van der Waals surface area contributed by atoms with Crippen molar-refractivity contribution in [2.45, 2.75) is 26.2 Å². The number of carbonyl (C=O) groups is 1. The van der Waals surface area contributed by atoms with Gasteiger partial charge in [0, 0.05) is 10.0 Å². The number of nitrogens with zero attached hydrogens (tertiary/aromatic N) is 1. The molecule has 0 aliphatic rings. The highest BCUT2D eigenvalue weighted by atomic mass is 79.9. The van der Waals surface area contributed by atoms with Crippen LogP contribution in [0.5, 0.6) is 5.75 Å². The second kappa shape index (κ2) is 6.96. The number of benzene rings is 2. The van der Waals surface area contributed by atoms with Gasteiger partial charge in [0.1, 0.15) is 5.75 Å². The Kier molecular flexibility index (Phi) is 5.21. The number of phenols is 1. The Labute approximate surface area is 144 Å². The van der Waals surface area contributed by atoms with Gasteiger partial charge >= 0.3 is 0 Å². The maximum atomic E-state index is 12.0. The summed E-state index contributed by atoms with van der Waals surface area (Å²) in [7, 11) is 0. The molecule has 0 atom stereocenters. The van der Waals surface area contributed by atoms with E-state index in [1.54, 1.807) is 24.3 Å². The van der Waals surface area contributed by atoms with Crippen LogP contribution >= 0.6 is 15.9 Å². The molecule has 0 spiro atoms. The third-order valence-corrected chi connectivity index (χ3v) is 4.07. The molecule has 5 heteroatoms. The second-order valence-corrected chi connectivity index (χ2v) is 7.06. The fourth-order valence-corrected chi connectivity index (χ4v) is 2.46. The normalized spacial score (nSPS) is 11.7. The summed E-state index contributed by atoms with van der Waals surface area (Å²) in [6.45, 7) is 6.28. The topological polar surface area (TPSA) is 61.7 Å². The van der Waals surface area contributed by atoms with Gasteiger partial charge in [-0.25, -0.2) is 5.43 Å². The quantitative estimate of drug-likeness (QED) is 0.624. The monoisotopic (exact) mass is 374 g/mol. The summed E-state index contributed by atoms with van der Waals surface area (Å²) in [5, 5.41) is 13.9. The Balaban J connectivity index is 2.15. The Bertz CT molecular complexity index is 749. The van der Waals surface area contributed by atoms with Gasteiger partial charge in [-0.3, -0.25) is 4.79 Å². The number of hydrogen-bond donors (Lipinski definition) is 2. The van der Waals surface area contributed by atoms with Gasteiger partial charge in [0.05, 0.1) is 11.8 Å². The number of nitrogens with one attached hydrogen (secondary N) is 1. The zero-order chi connectivity index (χ0) is 17.0. The molecule has 0 heterocycles. The Hall–Kier alpha value is -2.14. The summed E-state index contributed by atoms with van der Waals surface area (Å²) in [6, 6.07) is 12.5. The van der Waals surface area contributed by atoms with Crippen LogP contribution in [0.1, 0.15) is 42.3 Å². The lowest BCUT2D eigenvalue weighted by atomic mass is 9.86. The molecule has 4 nitrogen and oxygen atoms in total. The van der Waals surface area contributed by atoms with Gasteiger partial charge in [0.25, 0.3) is 5.91 Å². The molecule has 0 unspecified atom stereocenters. The summed E-state index contributed by atoms with van der Waals surface area (Å²) >= 11 is 3.32. The van der Waals surface area contributed by atoms with E-state index in [9.17, 15) is 9.90 Å². The van der Waals surface area contributed by atoms with E-state index < -0.39 is 0 Å². The van der Waals surface area contributed by atoms with E-state index in [-0.39, 0.29) is 17.1 Å². The number of halogens is 1. The predicted octanol–water partition coefficient (Wildman–Crippen LogP) is 4.22. The minimum absolute atomic E-state index is 0.0333. The lowest BCUT2D eigenvalue weighted by Gasteiger charge is -2.19. The third-order valence-electron chi connectivity index (χ3n) is 3.38. The Morgan fingerprint density at radius 3 is 2.57 bits per heavy atom. The van der Waals surface area contributed by atoms with Crippen LogP contribution in [-0.2, 0) is 5.41 Å². The Morgan fingerprint density at radius 1 is 1.22 bits per heavy atom. The van der Waals surface area contributed by atoms with Crippen LogP contribution in [-0.4, -0.2) is 17.2 Å². The highest BCUT2D eigenvalue weighted by Crippen LogP contribution is 2.26. The molecule has 0 saturated carbocycles. The van der Waals surface area contributed by atoms with E-state index in [2.05, 4.69) is 47.2 Å². The largest absolute Gasteiger partial charge is 0.507 e. The van der Waals surface area contributed by atoms with Crippen LogP contribution in [0.3, 0.4) is 0 Å². The van der Waals surface area contributed by atoms with E-state index in [1.807, 2.05) is 18.2 Å². The van der Waals surface area contributed by atoms with Gasteiger partial charge in [-0.2, -0.15) is 5.10 Å². The highest BCUT2D eigenvalue weighted by Gasteiger charge is 2.15. The first-order valence-corrected chi connectivity index (χ1v) is 8.00. The summed E-state index contributed by atoms with van der Waals surface area (Å²) in [5.41, 5.74) is 4.57. The van der Waals surface area contributed by atoms with Gasteiger partial charge in [-0.15, -0.1) is 0 Å². The van der Waals surface area contributed by atoms with Crippen molar-refractivity contribution in [3.8, 4) is 5.75 Å². The highest BCUT2D eigenvalue weighted by molar-refractivity contribution is 9.10. The first-order valence-electron chi connectivity index (χ1n) is 7.20. The number of phenolic OH excluding ortho intramolecular Hbond substituents is 1. The van der Waals surface area contributed by atoms with E-state index in [0.717, 1.165) is 5.56 Å². The zero-order valence-corrected chi connectivity index (χ0v) is 14.9. The standard InChI is InChI=1S/C18H19BrN2O2/c1-18(2,3)13-8-9-16(22)12(10-13)11-20-21-17(23)14-6-4-5-7-15(14)19/h4-11,22H,1-3H3,(H,21,23). The van der Waals surface area contributed by atoms with Crippen LogP contribution in [0.2, 0.25) is 0 Å². The van der Waals surface area contributed by atoms with E-state index in [0.29, 0.717) is 15.6 Å². The zero-order valence-electron chi connectivity index (χ0n) is 13.3. The molecule has 23 heavy (non-hydrogen) atoms. The summed E-state index contributed by atoms with van der Waals surface area (Å²) in [5.74, 6) is -0.197. The molecule has 120 valence electrons. The maximum Gasteiger partial charge on any atom is 0.272 e. The average Bonchev–Trinajstić information content (AvgIpc) is 2.48. The van der Waals surface area contributed by atoms with Gasteiger partial charge in [-0.1, -0.05) is 39.0 Å². The summed E-state index contributed by atoms with van der Waals surface area (Å²) < 4.78 is 0.699. The molecule has 0 aromatic heterocycles. The average molecular weight is 375 g/mol. The SMILES string of the molecule is CC(C)(C)c1ccc(O)c(C=NNC(=O)c2ccccc2Br)c1. The number of hydrogen-bond acceptors (Lipinski definition) is 3. The molecular formula is C18H19BrN2O2. The second-order valence-electron chi connectivity index (χ2n) is 6.20. The molecule has 0 bridgehead atoms. The number of hydrazone groups is 1. The van der Waals surface area contributed by atoms with Gasteiger partial charge < -0.3 is 5.11 Å². The van der Waals surface area contributed by atoms with Gasteiger partial charge in [-0.05, 0) is 51.2 Å². The van der Waals surface area contributed by atoms with Crippen LogP contribution < -0.4 is 5.43 Å². The van der Waals surface area contributed by atoms with Crippen molar-refractivity contribution in [3.05, 3.63) is 63.6 Å². The number of rotatable bonds is 3. The van der Waals surface area contributed by atoms with Crippen molar-refractivity contribution in [3.63, 3.8) is 0 Å². The van der Waals surface area contributed by atoms with Crippen molar-refractivity contribution in [1.29, 1.82) is 0 Å². The van der Waals surface area contributed by atoms with E-state index in [4.69, 9.17) is 0 Å². The van der Waals surface area contributed by atoms with Crippen molar-refractivity contribution in [2.24, 2.45) is 5.10 Å². The first kappa shape index (κ1) is 17.2. The smallest absolute Gasteiger partial charge is 0.272 e. The van der Waals surface area contributed by atoms with Crippen LogP contribution in [0.4, 0.5) is 0 Å². The molecule has 0 radical (unpaired) electrons. The third kappa shape index (κ3) is 4.42. The number of carbonyl (C=O) groups excluding carboxylic acids is 1. The van der Waals surface area contributed by atoms with E-state index >= 15 is 0 Å². The minimum atomic E-state index is -0.319. The first-order chi connectivity index (χ1) is 10.8. The Morgan fingerprint density at radius 2 is 1.91 bits per heavy atom. The van der Waals surface area contributed by atoms with Crippen molar-refractivity contribution < 1.29 is 9.90 Å². The fourth-order valence-electron chi connectivity index (χ4n) is 1.99. The molecule has 2 rings (SSSR count). The molecule has 2 aromatic rings. The van der Waals surface area contributed by atoms with Gasteiger partial charge in [0.2, 0.25) is 0 Å². The van der Waals surface area contributed by atoms with E-state index in [1.165, 1.54) is 6.21 Å². The maximum absolute atomic E-state index is 12.0. The molecule has 2 aromatic carbocycles. The molecule has 1 amide bonds. The number of amides is 1. The molecule has 0 saturated heterocycles.